The minimum atomic E-state index is -4.48. The van der Waals surface area contributed by atoms with E-state index in [2.05, 4.69) is 38.2 Å². The number of carbonyl (C=O) groups excluding carboxylic acids is 2. The molecule has 1 saturated heterocycles. The Hall–Kier alpha value is -3.85. The standard InChI is InChI=1S/C39H45F3N4O2/c40-39(41,42)27-43-37(48)38(34-15-7-5-13-31(34)32-14-6-8-16-35(32)38)19-9-2-10-20-44-21-23-45(24-22-44)30-18-17-28-26-46(36(47)33(28)25-30)29-11-3-1-4-12-29/h5-8,13-18,25,29H,1-4,9-12,19-24,26-27H2,(H,43,48). The molecule has 7 rings (SSSR count). The summed E-state index contributed by atoms with van der Waals surface area (Å²) in [5.74, 6) is -0.384. The highest BCUT2D eigenvalue weighted by molar-refractivity contribution is 6.01. The van der Waals surface area contributed by atoms with Crippen molar-refractivity contribution in [1.29, 1.82) is 0 Å². The van der Waals surface area contributed by atoms with Gasteiger partial charge in [0.25, 0.3) is 5.91 Å². The smallest absolute Gasteiger partial charge is 0.369 e. The summed E-state index contributed by atoms with van der Waals surface area (Å²) < 4.78 is 39.5. The van der Waals surface area contributed by atoms with Gasteiger partial charge in [0.2, 0.25) is 5.91 Å². The van der Waals surface area contributed by atoms with Gasteiger partial charge in [0.15, 0.2) is 0 Å². The van der Waals surface area contributed by atoms with E-state index in [9.17, 15) is 22.8 Å². The molecule has 0 unspecified atom stereocenters. The molecule has 0 atom stereocenters. The third-order valence-corrected chi connectivity index (χ3v) is 11.1. The maximum Gasteiger partial charge on any atom is 0.405 e. The summed E-state index contributed by atoms with van der Waals surface area (Å²) in [7, 11) is 0. The quantitative estimate of drug-likeness (QED) is 0.232. The van der Waals surface area contributed by atoms with Crippen molar-refractivity contribution in [1.82, 2.24) is 15.1 Å². The number of halogens is 3. The number of alkyl halides is 3. The van der Waals surface area contributed by atoms with Crippen LogP contribution in [-0.2, 0) is 16.8 Å². The van der Waals surface area contributed by atoms with Crippen molar-refractivity contribution in [3.8, 4) is 11.1 Å². The predicted molar refractivity (Wildman–Crippen MR) is 182 cm³/mol. The average molecular weight is 659 g/mol. The summed E-state index contributed by atoms with van der Waals surface area (Å²) in [5, 5.41) is 2.23. The molecule has 3 aromatic rings. The van der Waals surface area contributed by atoms with Crippen molar-refractivity contribution in [2.75, 3.05) is 44.2 Å². The van der Waals surface area contributed by atoms with Gasteiger partial charge < -0.3 is 15.1 Å². The lowest BCUT2D eigenvalue weighted by Gasteiger charge is -2.36. The van der Waals surface area contributed by atoms with Gasteiger partial charge in [-0.2, -0.15) is 13.2 Å². The Morgan fingerprint density at radius 3 is 2.15 bits per heavy atom. The first-order chi connectivity index (χ1) is 23.2. The van der Waals surface area contributed by atoms with E-state index in [0.717, 1.165) is 110 Å². The van der Waals surface area contributed by atoms with Crippen molar-refractivity contribution >= 4 is 17.5 Å². The number of nitrogens with zero attached hydrogens (tertiary/aromatic N) is 3. The van der Waals surface area contributed by atoms with E-state index >= 15 is 0 Å². The van der Waals surface area contributed by atoms with Crippen LogP contribution in [0.3, 0.4) is 0 Å². The Labute approximate surface area is 281 Å². The summed E-state index contributed by atoms with van der Waals surface area (Å²) in [4.78, 5) is 34.0. The van der Waals surface area contributed by atoms with Crippen molar-refractivity contribution in [2.45, 2.75) is 82.0 Å². The Morgan fingerprint density at radius 1 is 0.812 bits per heavy atom. The maximum atomic E-state index is 13.7. The molecule has 0 spiro atoms. The van der Waals surface area contributed by atoms with Crippen molar-refractivity contribution in [2.24, 2.45) is 0 Å². The SMILES string of the molecule is O=C1c2cc(N3CCN(CCCCCC4(C(=O)NCC(F)(F)F)c5ccccc5-c5ccccc54)CC3)ccc2CN1C1CCCCC1. The van der Waals surface area contributed by atoms with Crippen LogP contribution in [-0.4, -0.2) is 73.1 Å². The van der Waals surface area contributed by atoms with Crippen molar-refractivity contribution < 1.29 is 22.8 Å². The molecule has 4 aliphatic rings. The number of nitrogens with one attached hydrogen (secondary N) is 1. The van der Waals surface area contributed by atoms with Crippen molar-refractivity contribution in [3.05, 3.63) is 89.0 Å². The van der Waals surface area contributed by atoms with Crippen molar-refractivity contribution in [3.63, 3.8) is 0 Å². The lowest BCUT2D eigenvalue weighted by Crippen LogP contribution is -2.47. The maximum absolute atomic E-state index is 13.7. The molecule has 254 valence electrons. The normalized spacial score (nSPS) is 19.3. The number of fused-ring (bicyclic) bond motifs is 4. The second-order valence-electron chi connectivity index (χ2n) is 14.0. The summed E-state index contributed by atoms with van der Waals surface area (Å²) in [6, 6.07) is 22.1. The van der Waals surface area contributed by atoms with E-state index in [4.69, 9.17) is 0 Å². The van der Waals surface area contributed by atoms with E-state index in [1.807, 2.05) is 48.5 Å². The van der Waals surface area contributed by atoms with Crippen LogP contribution >= 0.6 is 0 Å². The second-order valence-corrected chi connectivity index (χ2v) is 14.0. The molecule has 0 bridgehead atoms. The first kappa shape index (κ1) is 32.7. The number of hydrogen-bond donors (Lipinski definition) is 1. The zero-order valence-corrected chi connectivity index (χ0v) is 27.5. The van der Waals surface area contributed by atoms with E-state index in [0.29, 0.717) is 12.5 Å². The number of benzene rings is 3. The zero-order chi connectivity index (χ0) is 33.3. The molecular formula is C39H45F3N4O2. The Kier molecular flexibility index (Phi) is 9.24. The predicted octanol–water partition coefficient (Wildman–Crippen LogP) is 7.30. The lowest BCUT2D eigenvalue weighted by molar-refractivity contribution is -0.141. The molecule has 6 nitrogen and oxygen atoms in total. The molecule has 2 heterocycles. The van der Waals surface area contributed by atoms with Crippen LogP contribution in [0.5, 0.6) is 0 Å². The number of carbonyl (C=O) groups is 2. The fourth-order valence-corrected chi connectivity index (χ4v) is 8.61. The first-order valence-corrected chi connectivity index (χ1v) is 17.7. The fourth-order valence-electron chi connectivity index (χ4n) is 8.61. The number of hydrogen-bond acceptors (Lipinski definition) is 4. The first-order valence-electron chi connectivity index (χ1n) is 17.7. The van der Waals surface area contributed by atoms with E-state index in [1.54, 1.807) is 0 Å². The van der Waals surface area contributed by atoms with Gasteiger partial charge in [-0.1, -0.05) is 86.7 Å². The van der Waals surface area contributed by atoms with Crippen LogP contribution in [0, 0.1) is 0 Å². The summed E-state index contributed by atoms with van der Waals surface area (Å²) >= 11 is 0. The molecule has 2 aliphatic heterocycles. The van der Waals surface area contributed by atoms with Crippen LogP contribution in [0.1, 0.15) is 84.8 Å². The van der Waals surface area contributed by atoms with Crippen LogP contribution in [0.4, 0.5) is 18.9 Å². The third-order valence-electron chi connectivity index (χ3n) is 11.1. The number of piperazine rings is 1. The molecule has 48 heavy (non-hydrogen) atoms. The van der Waals surface area contributed by atoms with Gasteiger partial charge in [-0.15, -0.1) is 0 Å². The van der Waals surface area contributed by atoms with Gasteiger partial charge in [0, 0.05) is 50.0 Å². The minimum Gasteiger partial charge on any atom is -0.369 e. The number of amides is 2. The highest BCUT2D eigenvalue weighted by atomic mass is 19.4. The summed E-state index contributed by atoms with van der Waals surface area (Å²) in [6.45, 7) is 4.00. The molecule has 1 N–H and O–H groups in total. The minimum absolute atomic E-state index is 0.196. The topological polar surface area (TPSA) is 55.9 Å². The number of anilines is 1. The van der Waals surface area contributed by atoms with E-state index in [-0.39, 0.29) is 5.91 Å². The largest absolute Gasteiger partial charge is 0.405 e. The molecule has 2 amide bonds. The molecule has 0 aromatic heterocycles. The highest BCUT2D eigenvalue weighted by Crippen LogP contribution is 2.51. The Bertz CT molecular complexity index is 1600. The Balaban J connectivity index is 0.934. The van der Waals surface area contributed by atoms with Gasteiger partial charge in [-0.25, -0.2) is 0 Å². The molecule has 3 aromatic carbocycles. The monoisotopic (exact) mass is 658 g/mol. The number of rotatable bonds is 10. The van der Waals surface area contributed by atoms with Crippen LogP contribution in [0.15, 0.2) is 66.7 Å². The average Bonchev–Trinajstić information content (AvgIpc) is 3.59. The second kappa shape index (κ2) is 13.6. The van der Waals surface area contributed by atoms with Gasteiger partial charge in [0.1, 0.15) is 12.0 Å². The molecule has 2 aliphatic carbocycles. The van der Waals surface area contributed by atoms with Gasteiger partial charge in [0.05, 0.1) is 0 Å². The summed E-state index contributed by atoms with van der Waals surface area (Å²) in [5.41, 5.74) is 5.42. The summed E-state index contributed by atoms with van der Waals surface area (Å²) in [6.07, 6.45) is 4.47. The van der Waals surface area contributed by atoms with Gasteiger partial charge >= 0.3 is 6.18 Å². The van der Waals surface area contributed by atoms with Gasteiger partial charge in [-0.3, -0.25) is 14.5 Å². The van der Waals surface area contributed by atoms with E-state index < -0.39 is 24.0 Å². The zero-order valence-electron chi connectivity index (χ0n) is 27.5. The van der Waals surface area contributed by atoms with E-state index in [1.165, 1.54) is 19.3 Å². The molecule has 0 radical (unpaired) electrons. The molecule has 9 heteroatoms. The lowest BCUT2D eigenvalue weighted by atomic mass is 9.73. The molecular weight excluding hydrogens is 613 g/mol. The van der Waals surface area contributed by atoms with Gasteiger partial charge in [-0.05, 0) is 72.2 Å². The molecule has 2 fully saturated rings. The van der Waals surface area contributed by atoms with Crippen LogP contribution in [0.2, 0.25) is 0 Å². The molecule has 1 saturated carbocycles. The highest BCUT2D eigenvalue weighted by Gasteiger charge is 2.49. The third kappa shape index (κ3) is 6.33. The van der Waals surface area contributed by atoms with Crippen LogP contribution < -0.4 is 10.2 Å². The Morgan fingerprint density at radius 2 is 1.48 bits per heavy atom. The fraction of sp³-hybridized carbons (Fsp3) is 0.487. The number of unbranched alkanes of at least 4 members (excludes halogenated alkanes) is 2. The van der Waals surface area contributed by atoms with Crippen LogP contribution in [0.25, 0.3) is 11.1 Å².